The number of aromatic nitrogens is 4. The fourth-order valence-electron chi connectivity index (χ4n) is 3.20. The van der Waals surface area contributed by atoms with Gasteiger partial charge in [0.1, 0.15) is 11.5 Å². The summed E-state index contributed by atoms with van der Waals surface area (Å²) in [6.45, 7) is 0. The SMILES string of the molecule is COc1ccc(C2CC(c3ccc(OC)cc3)n3nnnc3N2)cc1. The summed E-state index contributed by atoms with van der Waals surface area (Å²) in [7, 11) is 3.33. The van der Waals surface area contributed by atoms with Crippen LogP contribution in [0.2, 0.25) is 0 Å². The summed E-state index contributed by atoms with van der Waals surface area (Å²) in [4.78, 5) is 0. The number of rotatable bonds is 4. The van der Waals surface area contributed by atoms with Gasteiger partial charge in [-0.25, -0.2) is 4.68 Å². The lowest BCUT2D eigenvalue weighted by Crippen LogP contribution is -2.28. The summed E-state index contributed by atoms with van der Waals surface area (Å²) in [6, 6.07) is 16.3. The van der Waals surface area contributed by atoms with E-state index >= 15 is 0 Å². The number of methoxy groups -OCH3 is 2. The summed E-state index contributed by atoms with van der Waals surface area (Å²) in [5.41, 5.74) is 2.32. The summed E-state index contributed by atoms with van der Waals surface area (Å²) < 4.78 is 12.3. The van der Waals surface area contributed by atoms with E-state index in [4.69, 9.17) is 9.47 Å². The van der Waals surface area contributed by atoms with Crippen molar-refractivity contribution in [3.63, 3.8) is 0 Å². The number of anilines is 1. The average Bonchev–Trinajstić information content (AvgIpc) is 3.16. The molecular formula is C18H19N5O2. The maximum atomic E-state index is 5.25. The third kappa shape index (κ3) is 2.88. The number of nitrogens with one attached hydrogen (secondary N) is 1. The predicted octanol–water partition coefficient (Wildman–Crippen LogP) is 2.84. The molecule has 7 heteroatoms. The van der Waals surface area contributed by atoms with Crippen LogP contribution in [0.15, 0.2) is 48.5 Å². The van der Waals surface area contributed by atoms with Crippen LogP contribution in [0.3, 0.4) is 0 Å². The van der Waals surface area contributed by atoms with Crippen molar-refractivity contribution in [2.24, 2.45) is 0 Å². The van der Waals surface area contributed by atoms with E-state index in [9.17, 15) is 0 Å². The van der Waals surface area contributed by atoms with E-state index < -0.39 is 0 Å². The first-order chi connectivity index (χ1) is 12.3. The lowest BCUT2D eigenvalue weighted by atomic mass is 9.93. The number of tetrazole rings is 1. The Bertz CT molecular complexity index is 845. The Labute approximate surface area is 145 Å². The van der Waals surface area contributed by atoms with Crippen molar-refractivity contribution in [3.05, 3.63) is 59.7 Å². The highest BCUT2D eigenvalue weighted by molar-refractivity contribution is 5.40. The highest BCUT2D eigenvalue weighted by Crippen LogP contribution is 2.37. The van der Waals surface area contributed by atoms with Crippen LogP contribution in [-0.4, -0.2) is 34.4 Å². The van der Waals surface area contributed by atoms with Gasteiger partial charge in [0.05, 0.1) is 26.3 Å². The highest BCUT2D eigenvalue weighted by atomic mass is 16.5. The molecule has 2 unspecified atom stereocenters. The molecule has 4 rings (SSSR count). The Morgan fingerprint density at radius 3 is 2.12 bits per heavy atom. The molecule has 0 saturated heterocycles. The first-order valence-electron chi connectivity index (χ1n) is 8.11. The standard InChI is InChI=1S/C18H19N5O2/c1-24-14-7-3-12(4-8-14)16-11-17(23-18(19-16)20-21-22-23)13-5-9-15(25-2)10-6-13/h3-10,16-17H,11H2,1-2H3,(H,19,20,22). The monoisotopic (exact) mass is 337 g/mol. The third-order valence-corrected chi connectivity index (χ3v) is 4.57. The molecule has 0 saturated carbocycles. The molecule has 0 aliphatic carbocycles. The molecule has 1 aliphatic heterocycles. The molecule has 3 aromatic rings. The number of nitrogens with zero attached hydrogens (tertiary/aromatic N) is 4. The van der Waals surface area contributed by atoms with Gasteiger partial charge in [-0.3, -0.25) is 0 Å². The van der Waals surface area contributed by atoms with Gasteiger partial charge in [-0.05, 0) is 52.2 Å². The van der Waals surface area contributed by atoms with E-state index in [2.05, 4.69) is 45.1 Å². The minimum absolute atomic E-state index is 0.0595. The minimum Gasteiger partial charge on any atom is -0.497 e. The summed E-state index contributed by atoms with van der Waals surface area (Å²) in [5.74, 6) is 2.35. The lowest BCUT2D eigenvalue weighted by molar-refractivity contribution is 0.409. The molecule has 25 heavy (non-hydrogen) atoms. The molecular weight excluding hydrogens is 318 g/mol. The van der Waals surface area contributed by atoms with Crippen molar-refractivity contribution in [1.29, 1.82) is 0 Å². The molecule has 2 atom stereocenters. The Morgan fingerprint density at radius 1 is 0.920 bits per heavy atom. The molecule has 0 bridgehead atoms. The van der Waals surface area contributed by atoms with Gasteiger partial charge in [0, 0.05) is 0 Å². The number of hydrogen-bond acceptors (Lipinski definition) is 6. The third-order valence-electron chi connectivity index (χ3n) is 4.57. The van der Waals surface area contributed by atoms with E-state index in [0.29, 0.717) is 5.95 Å². The van der Waals surface area contributed by atoms with E-state index in [1.807, 2.05) is 28.9 Å². The molecule has 1 aliphatic rings. The van der Waals surface area contributed by atoms with Crippen LogP contribution in [0.25, 0.3) is 0 Å². The predicted molar refractivity (Wildman–Crippen MR) is 92.9 cm³/mol. The highest BCUT2D eigenvalue weighted by Gasteiger charge is 2.30. The Morgan fingerprint density at radius 2 is 1.52 bits per heavy atom. The van der Waals surface area contributed by atoms with Crippen molar-refractivity contribution in [2.75, 3.05) is 19.5 Å². The summed E-state index contributed by atoms with van der Waals surface area (Å²) in [6.07, 6.45) is 0.844. The molecule has 0 fully saturated rings. The summed E-state index contributed by atoms with van der Waals surface area (Å²) >= 11 is 0. The maximum absolute atomic E-state index is 5.25. The molecule has 2 heterocycles. The number of hydrogen-bond donors (Lipinski definition) is 1. The van der Waals surface area contributed by atoms with Gasteiger partial charge in [0.15, 0.2) is 0 Å². The smallest absolute Gasteiger partial charge is 0.243 e. The first kappa shape index (κ1) is 15.4. The fourth-order valence-corrected chi connectivity index (χ4v) is 3.20. The molecule has 7 nitrogen and oxygen atoms in total. The second-order valence-corrected chi connectivity index (χ2v) is 5.94. The number of benzene rings is 2. The van der Waals surface area contributed by atoms with Gasteiger partial charge in [0.25, 0.3) is 0 Å². The van der Waals surface area contributed by atoms with Gasteiger partial charge in [-0.2, -0.15) is 0 Å². The van der Waals surface area contributed by atoms with E-state index in [1.165, 1.54) is 5.56 Å². The van der Waals surface area contributed by atoms with Crippen LogP contribution >= 0.6 is 0 Å². The topological polar surface area (TPSA) is 74.1 Å². The normalized spacial score (nSPS) is 19.0. The van der Waals surface area contributed by atoms with Crippen LogP contribution in [-0.2, 0) is 0 Å². The van der Waals surface area contributed by atoms with Gasteiger partial charge in [-0.15, -0.1) is 0 Å². The second-order valence-electron chi connectivity index (χ2n) is 5.94. The zero-order valence-electron chi connectivity index (χ0n) is 14.1. The zero-order chi connectivity index (χ0) is 17.2. The molecule has 1 aromatic heterocycles. The number of fused-ring (bicyclic) bond motifs is 1. The maximum Gasteiger partial charge on any atom is 0.243 e. The van der Waals surface area contributed by atoms with Crippen LogP contribution in [0.1, 0.15) is 29.6 Å². The van der Waals surface area contributed by atoms with Crippen molar-refractivity contribution in [1.82, 2.24) is 20.2 Å². The average molecular weight is 337 g/mol. The molecule has 0 amide bonds. The van der Waals surface area contributed by atoms with Crippen LogP contribution in [0.4, 0.5) is 5.95 Å². The summed E-state index contributed by atoms with van der Waals surface area (Å²) in [5, 5.41) is 15.5. The fraction of sp³-hybridized carbons (Fsp3) is 0.278. The second kappa shape index (κ2) is 6.43. The largest absolute Gasteiger partial charge is 0.497 e. The molecule has 1 N–H and O–H groups in total. The van der Waals surface area contributed by atoms with Crippen molar-refractivity contribution in [2.45, 2.75) is 18.5 Å². The Kier molecular flexibility index (Phi) is 3.97. The van der Waals surface area contributed by atoms with Crippen LogP contribution < -0.4 is 14.8 Å². The van der Waals surface area contributed by atoms with E-state index in [1.54, 1.807) is 14.2 Å². The van der Waals surface area contributed by atoms with Crippen LogP contribution in [0.5, 0.6) is 11.5 Å². The zero-order valence-corrected chi connectivity index (χ0v) is 14.1. The molecule has 128 valence electrons. The molecule has 0 spiro atoms. The minimum atomic E-state index is 0.0595. The number of ether oxygens (including phenoxy) is 2. The Balaban J connectivity index is 1.66. The van der Waals surface area contributed by atoms with Gasteiger partial charge < -0.3 is 14.8 Å². The van der Waals surface area contributed by atoms with E-state index in [0.717, 1.165) is 23.5 Å². The van der Waals surface area contributed by atoms with Crippen molar-refractivity contribution in [3.8, 4) is 11.5 Å². The molecule has 0 radical (unpaired) electrons. The van der Waals surface area contributed by atoms with Gasteiger partial charge in [-0.1, -0.05) is 29.4 Å². The first-order valence-corrected chi connectivity index (χ1v) is 8.11. The lowest BCUT2D eigenvalue weighted by Gasteiger charge is -2.31. The Hall–Kier alpha value is -3.09. The van der Waals surface area contributed by atoms with Crippen LogP contribution in [0, 0.1) is 0 Å². The van der Waals surface area contributed by atoms with Gasteiger partial charge >= 0.3 is 0 Å². The van der Waals surface area contributed by atoms with Crippen molar-refractivity contribution >= 4 is 5.95 Å². The van der Waals surface area contributed by atoms with Crippen molar-refractivity contribution < 1.29 is 9.47 Å². The van der Waals surface area contributed by atoms with Gasteiger partial charge in [0.2, 0.25) is 5.95 Å². The van der Waals surface area contributed by atoms with E-state index in [-0.39, 0.29) is 12.1 Å². The molecule has 2 aromatic carbocycles. The quantitative estimate of drug-likeness (QED) is 0.789.